The Balaban J connectivity index is 2.85. The van der Waals surface area contributed by atoms with Crippen molar-refractivity contribution in [3.8, 4) is 0 Å². The minimum atomic E-state index is -4.72. The van der Waals surface area contributed by atoms with Crippen LogP contribution in [0.1, 0.15) is 5.56 Å². The van der Waals surface area contributed by atoms with Gasteiger partial charge in [-0.1, -0.05) is 17.7 Å². The Morgan fingerprint density at radius 1 is 1.41 bits per heavy atom. The molecule has 2 nitrogen and oxygen atoms in total. The highest BCUT2D eigenvalue weighted by Crippen LogP contribution is 2.26. The van der Waals surface area contributed by atoms with Crippen LogP contribution in [0.5, 0.6) is 0 Å². The molecule has 0 spiro atoms. The van der Waals surface area contributed by atoms with Crippen LogP contribution in [0.15, 0.2) is 18.2 Å². The summed E-state index contributed by atoms with van der Waals surface area (Å²) in [5, 5.41) is 1.92. The summed E-state index contributed by atoms with van der Waals surface area (Å²) in [6, 6.07) is 3.97. The lowest BCUT2D eigenvalue weighted by Gasteiger charge is -2.15. The highest BCUT2D eigenvalue weighted by Gasteiger charge is 2.48. The summed E-state index contributed by atoms with van der Waals surface area (Å²) in [7, 11) is 0. The van der Waals surface area contributed by atoms with E-state index in [4.69, 9.17) is 11.6 Å². The van der Waals surface area contributed by atoms with E-state index in [0.29, 0.717) is 5.56 Å². The third-order valence-electron chi connectivity index (χ3n) is 2.01. The molecular formula is C10H8ClF4NO. The third-order valence-corrected chi connectivity index (χ3v) is 2.41. The van der Waals surface area contributed by atoms with Gasteiger partial charge in [-0.25, -0.2) is 8.78 Å². The van der Waals surface area contributed by atoms with Crippen molar-refractivity contribution in [1.29, 1.82) is 0 Å². The molecule has 1 aromatic rings. The molecule has 0 aliphatic heterocycles. The lowest BCUT2D eigenvalue weighted by molar-refractivity contribution is -0.163. The van der Waals surface area contributed by atoms with E-state index in [1.807, 2.05) is 0 Å². The van der Waals surface area contributed by atoms with Crippen molar-refractivity contribution in [3.63, 3.8) is 0 Å². The summed E-state index contributed by atoms with van der Waals surface area (Å²) in [5.41, 5.74) is 0.608. The molecule has 0 aliphatic rings. The number of carbonyl (C=O) groups is 1. The Labute approximate surface area is 99.6 Å². The zero-order chi connectivity index (χ0) is 13.2. The van der Waals surface area contributed by atoms with Gasteiger partial charge in [0.25, 0.3) is 0 Å². The Morgan fingerprint density at radius 3 is 2.47 bits per heavy atom. The van der Waals surface area contributed by atoms with Crippen LogP contribution >= 0.6 is 11.6 Å². The second kappa shape index (κ2) is 4.91. The molecule has 0 atom stereocenters. The minimum absolute atomic E-state index is 0.0640. The van der Waals surface area contributed by atoms with Crippen molar-refractivity contribution in [2.24, 2.45) is 0 Å². The number of halogens is 5. The maximum Gasteiger partial charge on any atom is 0.383 e. The van der Waals surface area contributed by atoms with Crippen LogP contribution in [0.25, 0.3) is 0 Å². The van der Waals surface area contributed by atoms with E-state index < -0.39 is 18.3 Å². The van der Waals surface area contributed by atoms with E-state index in [0.717, 1.165) is 0 Å². The van der Waals surface area contributed by atoms with E-state index in [1.165, 1.54) is 18.2 Å². The summed E-state index contributed by atoms with van der Waals surface area (Å²) in [5.74, 6) is -6.79. The van der Waals surface area contributed by atoms with Crippen LogP contribution in [0.2, 0.25) is 5.02 Å². The van der Waals surface area contributed by atoms with Gasteiger partial charge in [0, 0.05) is 10.7 Å². The first kappa shape index (κ1) is 13.8. The summed E-state index contributed by atoms with van der Waals surface area (Å²) >= 11 is 5.69. The van der Waals surface area contributed by atoms with E-state index in [-0.39, 0.29) is 10.7 Å². The van der Waals surface area contributed by atoms with Gasteiger partial charge in [0.15, 0.2) is 0 Å². The molecule has 7 heteroatoms. The number of amides is 1. The average molecular weight is 270 g/mol. The fourth-order valence-corrected chi connectivity index (χ4v) is 1.16. The Bertz CT molecular complexity index is 436. The molecule has 1 N–H and O–H groups in total. The molecule has 0 radical (unpaired) electrons. The molecule has 0 unspecified atom stereocenters. The normalized spacial score (nSPS) is 11.7. The van der Waals surface area contributed by atoms with Crippen molar-refractivity contribution in [1.82, 2.24) is 0 Å². The van der Waals surface area contributed by atoms with E-state index in [2.05, 4.69) is 0 Å². The molecule has 0 aromatic heterocycles. The zero-order valence-corrected chi connectivity index (χ0v) is 9.36. The van der Waals surface area contributed by atoms with Crippen molar-refractivity contribution < 1.29 is 22.4 Å². The zero-order valence-electron chi connectivity index (χ0n) is 8.61. The number of aryl methyl sites for hydroxylation is 1. The van der Waals surface area contributed by atoms with E-state index in [9.17, 15) is 22.4 Å². The van der Waals surface area contributed by atoms with Crippen LogP contribution in [0.4, 0.5) is 23.2 Å². The molecule has 0 saturated carbocycles. The first-order chi connectivity index (χ1) is 7.75. The number of hydrogen-bond donors (Lipinski definition) is 1. The van der Waals surface area contributed by atoms with Crippen LogP contribution in [-0.4, -0.2) is 18.3 Å². The van der Waals surface area contributed by atoms with Crippen LogP contribution in [0.3, 0.4) is 0 Å². The number of carbonyl (C=O) groups excluding carboxylic acids is 1. The van der Waals surface area contributed by atoms with E-state index >= 15 is 0 Å². The van der Waals surface area contributed by atoms with E-state index in [1.54, 1.807) is 12.2 Å². The number of benzene rings is 1. The summed E-state index contributed by atoms with van der Waals surface area (Å²) in [6.07, 6.45) is -4.05. The number of hydrogen-bond acceptors (Lipinski definition) is 1. The molecule has 0 bridgehead atoms. The monoisotopic (exact) mass is 269 g/mol. The number of alkyl halides is 4. The first-order valence-corrected chi connectivity index (χ1v) is 4.86. The van der Waals surface area contributed by atoms with Gasteiger partial charge >= 0.3 is 18.3 Å². The van der Waals surface area contributed by atoms with Gasteiger partial charge in [0.2, 0.25) is 0 Å². The van der Waals surface area contributed by atoms with Gasteiger partial charge < -0.3 is 5.32 Å². The molecule has 1 rings (SSSR count). The number of nitrogens with one attached hydrogen (secondary N) is 1. The van der Waals surface area contributed by atoms with Crippen LogP contribution in [0, 0.1) is 6.92 Å². The maximum absolute atomic E-state index is 12.6. The molecule has 1 amide bonds. The topological polar surface area (TPSA) is 29.1 Å². The molecule has 0 saturated heterocycles. The largest absolute Gasteiger partial charge is 0.383 e. The van der Waals surface area contributed by atoms with Gasteiger partial charge in [-0.2, -0.15) is 8.78 Å². The molecule has 0 heterocycles. The highest BCUT2D eigenvalue weighted by atomic mass is 35.5. The summed E-state index contributed by atoms with van der Waals surface area (Å²) in [6.45, 7) is 1.67. The van der Waals surface area contributed by atoms with Gasteiger partial charge in [-0.05, 0) is 24.6 Å². The number of rotatable bonds is 3. The number of anilines is 1. The lowest BCUT2D eigenvalue weighted by Crippen LogP contribution is -2.40. The van der Waals surface area contributed by atoms with Crippen molar-refractivity contribution in [3.05, 3.63) is 28.8 Å². The first-order valence-electron chi connectivity index (χ1n) is 4.48. The van der Waals surface area contributed by atoms with Crippen molar-refractivity contribution >= 4 is 23.2 Å². The fraction of sp³-hybridized carbons (Fsp3) is 0.300. The van der Waals surface area contributed by atoms with Crippen molar-refractivity contribution in [2.75, 3.05) is 5.32 Å². The second-order valence-electron chi connectivity index (χ2n) is 3.34. The van der Waals surface area contributed by atoms with Gasteiger partial charge in [-0.15, -0.1) is 0 Å². The maximum atomic E-state index is 12.6. The summed E-state index contributed by atoms with van der Waals surface area (Å²) < 4.78 is 49.0. The Kier molecular flexibility index (Phi) is 3.98. The molecule has 94 valence electrons. The molecule has 17 heavy (non-hydrogen) atoms. The minimum Gasteiger partial charge on any atom is -0.321 e. The van der Waals surface area contributed by atoms with Gasteiger partial charge in [0.1, 0.15) is 0 Å². The quantitative estimate of drug-likeness (QED) is 0.836. The van der Waals surface area contributed by atoms with Gasteiger partial charge in [0.05, 0.1) is 0 Å². The highest BCUT2D eigenvalue weighted by molar-refractivity contribution is 6.31. The van der Waals surface area contributed by atoms with Crippen LogP contribution in [-0.2, 0) is 4.79 Å². The van der Waals surface area contributed by atoms with Crippen molar-refractivity contribution in [2.45, 2.75) is 19.3 Å². The third kappa shape index (κ3) is 3.09. The SMILES string of the molecule is Cc1ccc(NC(=O)C(F)(F)C(F)F)cc1Cl. The molecule has 1 aromatic carbocycles. The predicted molar refractivity (Wildman–Crippen MR) is 55.8 cm³/mol. The molecule has 0 aliphatic carbocycles. The molecular weight excluding hydrogens is 262 g/mol. The summed E-state index contributed by atoms with van der Waals surface area (Å²) in [4.78, 5) is 10.9. The fourth-order valence-electron chi connectivity index (χ4n) is 0.984. The standard InChI is InChI=1S/C10H8ClF4NO/c1-5-2-3-6(4-7(5)11)16-9(17)10(14,15)8(12)13/h2-4,8H,1H3,(H,16,17). The Hall–Kier alpha value is -1.30. The van der Waals surface area contributed by atoms with Gasteiger partial charge in [-0.3, -0.25) is 4.79 Å². The molecule has 0 fully saturated rings. The average Bonchev–Trinajstić information content (AvgIpc) is 2.23. The lowest BCUT2D eigenvalue weighted by atomic mass is 10.2. The predicted octanol–water partition coefficient (Wildman–Crippen LogP) is 3.49. The van der Waals surface area contributed by atoms with Crippen LogP contribution < -0.4 is 5.32 Å². The Morgan fingerprint density at radius 2 is 2.00 bits per heavy atom. The second-order valence-corrected chi connectivity index (χ2v) is 3.75. The smallest absolute Gasteiger partial charge is 0.321 e.